The normalized spacial score (nSPS) is 24.9. The molecule has 4 nitrogen and oxygen atoms in total. The highest BCUT2D eigenvalue weighted by molar-refractivity contribution is 5.79. The number of nitriles is 1. The van der Waals surface area contributed by atoms with Crippen molar-refractivity contribution in [3.63, 3.8) is 0 Å². The van der Waals surface area contributed by atoms with Gasteiger partial charge in [0.05, 0.1) is 12.5 Å². The Balaban J connectivity index is 2.48. The fourth-order valence-electron chi connectivity index (χ4n) is 2.26. The maximum atomic E-state index is 12.0. The molecule has 0 aromatic carbocycles. The van der Waals surface area contributed by atoms with E-state index >= 15 is 0 Å². The fourth-order valence-corrected chi connectivity index (χ4v) is 2.26. The number of nitrogens with zero attached hydrogens (tertiary/aromatic N) is 2. The number of hydrogen-bond acceptors (Lipinski definition) is 3. The van der Waals surface area contributed by atoms with Crippen molar-refractivity contribution in [2.24, 2.45) is 17.6 Å². The minimum absolute atomic E-state index is 0.0960. The maximum absolute atomic E-state index is 12.0. The minimum atomic E-state index is 0.0960. The summed E-state index contributed by atoms with van der Waals surface area (Å²) in [5.41, 5.74) is 5.64. The summed E-state index contributed by atoms with van der Waals surface area (Å²) in [6.07, 6.45) is 3.53. The van der Waals surface area contributed by atoms with Crippen LogP contribution in [-0.2, 0) is 4.79 Å². The van der Waals surface area contributed by atoms with Crippen LogP contribution in [0.2, 0.25) is 0 Å². The topological polar surface area (TPSA) is 70.1 Å². The standard InChI is InChI=1S/C11H19N3O/c1-14(7-3-6-12)11(15)10-5-2-4-9(10)8-13/h9-10H,2-5,7-8,13H2,1H3. The van der Waals surface area contributed by atoms with Crippen LogP contribution in [0.4, 0.5) is 0 Å². The molecule has 0 aromatic heterocycles. The highest BCUT2D eigenvalue weighted by Crippen LogP contribution is 2.32. The van der Waals surface area contributed by atoms with Crippen LogP contribution in [0.15, 0.2) is 0 Å². The molecule has 0 aromatic rings. The van der Waals surface area contributed by atoms with Crippen LogP contribution in [-0.4, -0.2) is 30.9 Å². The van der Waals surface area contributed by atoms with E-state index in [1.807, 2.05) is 0 Å². The van der Waals surface area contributed by atoms with E-state index in [9.17, 15) is 4.79 Å². The molecule has 0 heterocycles. The lowest BCUT2D eigenvalue weighted by Gasteiger charge is -2.23. The molecule has 84 valence electrons. The van der Waals surface area contributed by atoms with Crippen molar-refractivity contribution >= 4 is 5.91 Å². The van der Waals surface area contributed by atoms with Gasteiger partial charge in [-0.15, -0.1) is 0 Å². The average molecular weight is 209 g/mol. The molecular formula is C11H19N3O. The molecule has 0 radical (unpaired) electrons. The Bertz CT molecular complexity index is 259. The van der Waals surface area contributed by atoms with Gasteiger partial charge < -0.3 is 10.6 Å². The fraction of sp³-hybridized carbons (Fsp3) is 0.818. The van der Waals surface area contributed by atoms with Crippen molar-refractivity contribution in [2.75, 3.05) is 20.1 Å². The van der Waals surface area contributed by atoms with Gasteiger partial charge in [-0.25, -0.2) is 0 Å². The van der Waals surface area contributed by atoms with Gasteiger partial charge in [0.1, 0.15) is 0 Å². The number of amides is 1. The molecule has 1 aliphatic carbocycles. The van der Waals surface area contributed by atoms with Gasteiger partial charge in [0.25, 0.3) is 0 Å². The molecule has 1 fully saturated rings. The van der Waals surface area contributed by atoms with E-state index in [0.717, 1.165) is 19.3 Å². The van der Waals surface area contributed by atoms with Crippen LogP contribution in [0, 0.1) is 23.2 Å². The summed E-state index contributed by atoms with van der Waals surface area (Å²) in [4.78, 5) is 13.6. The van der Waals surface area contributed by atoms with Crippen molar-refractivity contribution in [1.29, 1.82) is 5.26 Å². The molecule has 1 aliphatic rings. The molecule has 4 heteroatoms. The smallest absolute Gasteiger partial charge is 0.225 e. The molecule has 1 amide bonds. The van der Waals surface area contributed by atoms with Gasteiger partial charge in [-0.2, -0.15) is 5.26 Å². The summed E-state index contributed by atoms with van der Waals surface area (Å²) >= 11 is 0. The Labute approximate surface area is 91.0 Å². The monoisotopic (exact) mass is 209 g/mol. The molecule has 1 rings (SSSR count). The first-order valence-electron chi connectivity index (χ1n) is 5.52. The zero-order valence-corrected chi connectivity index (χ0v) is 9.28. The lowest BCUT2D eigenvalue weighted by molar-refractivity contribution is -0.135. The summed E-state index contributed by atoms with van der Waals surface area (Å²) < 4.78 is 0. The molecule has 0 bridgehead atoms. The molecule has 0 saturated heterocycles. The minimum Gasteiger partial charge on any atom is -0.344 e. The second-order valence-electron chi connectivity index (χ2n) is 4.20. The van der Waals surface area contributed by atoms with Gasteiger partial charge in [-0.05, 0) is 25.3 Å². The maximum Gasteiger partial charge on any atom is 0.225 e. The zero-order chi connectivity index (χ0) is 11.3. The van der Waals surface area contributed by atoms with Gasteiger partial charge in [-0.1, -0.05) is 6.42 Å². The predicted molar refractivity (Wildman–Crippen MR) is 57.8 cm³/mol. The van der Waals surface area contributed by atoms with Gasteiger partial charge in [0.2, 0.25) is 5.91 Å². The molecule has 1 saturated carbocycles. The van der Waals surface area contributed by atoms with Crippen molar-refractivity contribution < 1.29 is 4.79 Å². The summed E-state index contributed by atoms with van der Waals surface area (Å²) in [5.74, 6) is 0.610. The summed E-state index contributed by atoms with van der Waals surface area (Å²) in [6.45, 7) is 1.13. The van der Waals surface area contributed by atoms with Crippen molar-refractivity contribution in [1.82, 2.24) is 4.90 Å². The quantitative estimate of drug-likeness (QED) is 0.742. The van der Waals surface area contributed by atoms with E-state index < -0.39 is 0 Å². The SMILES string of the molecule is CN(CCC#N)C(=O)C1CCCC1CN. The molecular weight excluding hydrogens is 190 g/mol. The molecule has 15 heavy (non-hydrogen) atoms. The van der Waals surface area contributed by atoms with E-state index in [0.29, 0.717) is 25.4 Å². The third-order valence-electron chi connectivity index (χ3n) is 3.21. The first kappa shape index (κ1) is 12.0. The Morgan fingerprint density at radius 1 is 1.60 bits per heavy atom. The number of rotatable bonds is 4. The van der Waals surface area contributed by atoms with E-state index in [1.165, 1.54) is 0 Å². The van der Waals surface area contributed by atoms with E-state index in [2.05, 4.69) is 6.07 Å². The van der Waals surface area contributed by atoms with Gasteiger partial charge >= 0.3 is 0 Å². The van der Waals surface area contributed by atoms with Crippen molar-refractivity contribution in [3.05, 3.63) is 0 Å². The Kier molecular flexibility index (Phi) is 4.57. The van der Waals surface area contributed by atoms with Gasteiger partial charge in [0.15, 0.2) is 0 Å². The highest BCUT2D eigenvalue weighted by Gasteiger charge is 2.33. The molecule has 2 atom stereocenters. The number of hydrogen-bond donors (Lipinski definition) is 1. The molecule has 0 aliphatic heterocycles. The zero-order valence-electron chi connectivity index (χ0n) is 9.28. The third kappa shape index (κ3) is 2.93. The van der Waals surface area contributed by atoms with Gasteiger partial charge in [-0.3, -0.25) is 4.79 Å². The van der Waals surface area contributed by atoms with E-state index in [4.69, 9.17) is 11.0 Å². The third-order valence-corrected chi connectivity index (χ3v) is 3.21. The van der Waals surface area contributed by atoms with Crippen LogP contribution in [0.3, 0.4) is 0 Å². The van der Waals surface area contributed by atoms with E-state index in [-0.39, 0.29) is 11.8 Å². The Morgan fingerprint density at radius 2 is 2.33 bits per heavy atom. The molecule has 2 N–H and O–H groups in total. The molecule has 2 unspecified atom stereocenters. The number of nitrogens with two attached hydrogens (primary N) is 1. The van der Waals surface area contributed by atoms with Crippen LogP contribution in [0.1, 0.15) is 25.7 Å². The molecule has 0 spiro atoms. The Hall–Kier alpha value is -1.08. The van der Waals surface area contributed by atoms with Crippen molar-refractivity contribution in [3.8, 4) is 6.07 Å². The Morgan fingerprint density at radius 3 is 2.93 bits per heavy atom. The lowest BCUT2D eigenvalue weighted by atomic mass is 9.95. The highest BCUT2D eigenvalue weighted by atomic mass is 16.2. The van der Waals surface area contributed by atoms with E-state index in [1.54, 1.807) is 11.9 Å². The van der Waals surface area contributed by atoms with Crippen LogP contribution >= 0.6 is 0 Å². The largest absolute Gasteiger partial charge is 0.344 e. The number of carbonyl (C=O) groups is 1. The van der Waals surface area contributed by atoms with Crippen LogP contribution in [0.5, 0.6) is 0 Å². The van der Waals surface area contributed by atoms with Crippen LogP contribution < -0.4 is 5.73 Å². The average Bonchev–Trinajstić information content (AvgIpc) is 2.72. The van der Waals surface area contributed by atoms with Gasteiger partial charge in [0, 0.05) is 19.5 Å². The van der Waals surface area contributed by atoms with Crippen LogP contribution in [0.25, 0.3) is 0 Å². The summed E-state index contributed by atoms with van der Waals surface area (Å²) in [6, 6.07) is 2.05. The first-order valence-corrected chi connectivity index (χ1v) is 5.52. The summed E-state index contributed by atoms with van der Waals surface area (Å²) in [5, 5.41) is 8.45. The first-order chi connectivity index (χ1) is 7.20. The predicted octanol–water partition coefficient (Wildman–Crippen LogP) is 0.733. The summed E-state index contributed by atoms with van der Waals surface area (Å²) in [7, 11) is 1.77. The van der Waals surface area contributed by atoms with Crippen molar-refractivity contribution in [2.45, 2.75) is 25.7 Å². The lowest BCUT2D eigenvalue weighted by Crippen LogP contribution is -2.37. The second kappa shape index (κ2) is 5.72. The second-order valence-corrected chi connectivity index (χ2v) is 4.20. The number of carbonyl (C=O) groups excluding carboxylic acids is 1.